The van der Waals surface area contributed by atoms with E-state index >= 15 is 0 Å². The maximum Gasteiger partial charge on any atom is 0.273 e. The molecule has 4 heterocycles. The van der Waals surface area contributed by atoms with Gasteiger partial charge in [0, 0.05) is 18.1 Å². The second-order valence-corrected chi connectivity index (χ2v) is 6.75. The lowest BCUT2D eigenvalue weighted by Crippen LogP contribution is -2.31. The quantitative estimate of drug-likeness (QED) is 0.717. The Morgan fingerprint density at radius 2 is 2.24 bits per heavy atom. The fourth-order valence-corrected chi connectivity index (χ4v) is 3.79. The molecule has 0 unspecified atom stereocenters. The van der Waals surface area contributed by atoms with E-state index in [2.05, 4.69) is 15.1 Å². The van der Waals surface area contributed by atoms with Crippen LogP contribution in [-0.2, 0) is 0 Å². The van der Waals surface area contributed by atoms with Crippen molar-refractivity contribution in [2.45, 2.75) is 32.7 Å². The molecule has 128 valence electrons. The molecule has 1 aliphatic heterocycles. The molecule has 0 saturated carbocycles. The molecule has 3 aromatic heterocycles. The van der Waals surface area contributed by atoms with E-state index in [1.807, 2.05) is 24.8 Å². The number of rotatable bonds is 3. The molecule has 0 aliphatic carbocycles. The average molecular weight is 355 g/mol. The number of aryl methyl sites for hydroxylation is 2. The Morgan fingerprint density at radius 1 is 1.36 bits per heavy atom. The summed E-state index contributed by atoms with van der Waals surface area (Å²) in [4.78, 5) is 27.8. The van der Waals surface area contributed by atoms with Crippen LogP contribution in [0.5, 0.6) is 0 Å². The Hall–Kier alpha value is -2.61. The Bertz CT molecular complexity index is 886. The number of likely N-dealkylation sites (tertiary alicyclic amines) is 1. The summed E-state index contributed by atoms with van der Waals surface area (Å²) in [6, 6.07) is 1.82. The molecule has 3 aromatic rings. The summed E-state index contributed by atoms with van der Waals surface area (Å²) in [6.45, 7) is 4.43. The molecule has 1 atom stereocenters. The molecule has 8 heteroatoms. The topological polar surface area (TPSA) is 85.0 Å². The first-order valence-corrected chi connectivity index (χ1v) is 9.05. The van der Waals surface area contributed by atoms with Crippen LogP contribution >= 0.6 is 11.3 Å². The van der Waals surface area contributed by atoms with Crippen LogP contribution in [0, 0.1) is 13.8 Å². The monoisotopic (exact) mass is 355 g/mol. The summed E-state index contributed by atoms with van der Waals surface area (Å²) in [6.07, 6.45) is 3.56. The molecule has 0 bridgehead atoms. The first-order chi connectivity index (χ1) is 12.1. The highest BCUT2D eigenvalue weighted by Gasteiger charge is 2.32. The number of hydrogen-bond donors (Lipinski definition) is 0. The van der Waals surface area contributed by atoms with Crippen LogP contribution in [0.4, 0.5) is 0 Å². The van der Waals surface area contributed by atoms with E-state index in [0.717, 1.165) is 29.8 Å². The third kappa shape index (κ3) is 2.82. The third-order valence-corrected chi connectivity index (χ3v) is 5.03. The van der Waals surface area contributed by atoms with E-state index in [1.165, 1.54) is 11.3 Å². The summed E-state index contributed by atoms with van der Waals surface area (Å²) >= 11 is 1.43. The van der Waals surface area contributed by atoms with E-state index in [9.17, 15) is 4.79 Å². The van der Waals surface area contributed by atoms with Gasteiger partial charge < -0.3 is 9.42 Å². The fraction of sp³-hybridized carbons (Fsp3) is 0.353. The molecule has 1 aliphatic rings. The summed E-state index contributed by atoms with van der Waals surface area (Å²) in [7, 11) is 0. The maximum absolute atomic E-state index is 12.7. The normalized spacial score (nSPS) is 17.2. The molecule has 0 spiro atoms. The highest BCUT2D eigenvalue weighted by molar-refractivity contribution is 7.07. The van der Waals surface area contributed by atoms with Crippen LogP contribution in [0.3, 0.4) is 0 Å². The van der Waals surface area contributed by atoms with Gasteiger partial charge in [-0.3, -0.25) is 4.79 Å². The predicted molar refractivity (Wildman–Crippen MR) is 92.1 cm³/mol. The van der Waals surface area contributed by atoms with Crippen molar-refractivity contribution in [3.8, 4) is 11.4 Å². The predicted octanol–water partition coefficient (Wildman–Crippen LogP) is 3.18. The van der Waals surface area contributed by atoms with Crippen molar-refractivity contribution in [1.82, 2.24) is 25.0 Å². The number of carbonyl (C=O) groups excluding carboxylic acids is 1. The maximum atomic E-state index is 12.7. The van der Waals surface area contributed by atoms with Crippen LogP contribution in [0.1, 0.15) is 46.5 Å². The number of carbonyl (C=O) groups is 1. The minimum absolute atomic E-state index is 0.0405. The molecule has 7 nitrogen and oxygen atoms in total. The van der Waals surface area contributed by atoms with Crippen molar-refractivity contribution >= 4 is 17.2 Å². The number of hydrogen-bond acceptors (Lipinski definition) is 7. The molecule has 0 N–H and O–H groups in total. The minimum atomic E-state index is -0.0589. The third-order valence-electron chi connectivity index (χ3n) is 4.44. The van der Waals surface area contributed by atoms with E-state index in [1.54, 1.807) is 17.1 Å². The minimum Gasteiger partial charge on any atom is -0.361 e. The number of amides is 1. The van der Waals surface area contributed by atoms with Gasteiger partial charge in [-0.05, 0) is 32.8 Å². The Labute approximate surface area is 148 Å². The second kappa shape index (κ2) is 6.36. The standard InChI is InChI=1S/C17H17N5O2S/c1-10-15(11(2)24-21-10)16-18-6-5-12(20-16)14-4-3-7-22(14)17(23)13-8-25-9-19-13/h5-6,8-9,14H,3-4,7H2,1-2H3/t14-/m0/s1. The lowest BCUT2D eigenvalue weighted by Gasteiger charge is -2.23. The first-order valence-electron chi connectivity index (χ1n) is 8.10. The van der Waals surface area contributed by atoms with Gasteiger partial charge >= 0.3 is 0 Å². The SMILES string of the molecule is Cc1noc(C)c1-c1nccc([C@@H]2CCCN2C(=O)c2cscn2)n1. The largest absolute Gasteiger partial charge is 0.361 e. The molecule has 1 fully saturated rings. The van der Waals surface area contributed by atoms with E-state index in [0.29, 0.717) is 23.8 Å². The smallest absolute Gasteiger partial charge is 0.273 e. The zero-order valence-corrected chi connectivity index (χ0v) is 14.8. The highest BCUT2D eigenvalue weighted by atomic mass is 32.1. The van der Waals surface area contributed by atoms with E-state index < -0.39 is 0 Å². The number of aromatic nitrogens is 4. The van der Waals surface area contributed by atoms with E-state index in [4.69, 9.17) is 9.51 Å². The van der Waals surface area contributed by atoms with Gasteiger partial charge in [-0.15, -0.1) is 11.3 Å². The Morgan fingerprint density at radius 3 is 2.96 bits per heavy atom. The van der Waals surface area contributed by atoms with Gasteiger partial charge in [0.15, 0.2) is 5.82 Å². The highest BCUT2D eigenvalue weighted by Crippen LogP contribution is 2.33. The molecule has 4 rings (SSSR count). The molecule has 1 amide bonds. The zero-order valence-electron chi connectivity index (χ0n) is 14.0. The van der Waals surface area contributed by atoms with E-state index in [-0.39, 0.29) is 11.9 Å². The van der Waals surface area contributed by atoms with Gasteiger partial charge in [0.25, 0.3) is 5.91 Å². The average Bonchev–Trinajstić information content (AvgIpc) is 3.36. The van der Waals surface area contributed by atoms with Gasteiger partial charge in [-0.1, -0.05) is 5.16 Å². The van der Waals surface area contributed by atoms with Crippen molar-refractivity contribution in [2.75, 3.05) is 6.54 Å². The van der Waals surface area contributed by atoms with Gasteiger partial charge in [-0.2, -0.15) is 0 Å². The van der Waals surface area contributed by atoms with Crippen molar-refractivity contribution < 1.29 is 9.32 Å². The van der Waals surface area contributed by atoms with Crippen molar-refractivity contribution in [3.63, 3.8) is 0 Å². The fourth-order valence-electron chi connectivity index (χ4n) is 3.26. The number of nitrogens with zero attached hydrogens (tertiary/aromatic N) is 5. The Balaban J connectivity index is 1.67. The first kappa shape index (κ1) is 15.9. The van der Waals surface area contributed by atoms with Crippen molar-refractivity contribution in [2.24, 2.45) is 0 Å². The van der Waals surface area contributed by atoms with Crippen LogP contribution in [0.25, 0.3) is 11.4 Å². The van der Waals surface area contributed by atoms with Crippen LogP contribution in [0.2, 0.25) is 0 Å². The molecule has 25 heavy (non-hydrogen) atoms. The van der Waals surface area contributed by atoms with Crippen LogP contribution in [-0.4, -0.2) is 37.5 Å². The summed E-state index contributed by atoms with van der Waals surface area (Å²) < 4.78 is 5.22. The molecular weight excluding hydrogens is 338 g/mol. The lowest BCUT2D eigenvalue weighted by molar-refractivity contribution is 0.0727. The summed E-state index contributed by atoms with van der Waals surface area (Å²) in [5.41, 5.74) is 4.59. The molecule has 0 radical (unpaired) electrons. The molecular formula is C17H17N5O2S. The van der Waals surface area contributed by atoms with Gasteiger partial charge in [0.2, 0.25) is 0 Å². The second-order valence-electron chi connectivity index (χ2n) is 6.03. The number of thiazole rings is 1. The molecule has 1 saturated heterocycles. The zero-order chi connectivity index (χ0) is 17.4. The van der Waals surface area contributed by atoms with Crippen molar-refractivity contribution in [3.05, 3.63) is 46.0 Å². The van der Waals surface area contributed by atoms with Crippen LogP contribution < -0.4 is 0 Å². The van der Waals surface area contributed by atoms with Gasteiger partial charge in [0.1, 0.15) is 11.5 Å². The van der Waals surface area contributed by atoms with Crippen molar-refractivity contribution in [1.29, 1.82) is 0 Å². The van der Waals surface area contributed by atoms with Crippen LogP contribution in [0.15, 0.2) is 27.7 Å². The molecule has 0 aromatic carbocycles. The summed E-state index contributed by atoms with van der Waals surface area (Å²) in [5.74, 6) is 1.24. The summed E-state index contributed by atoms with van der Waals surface area (Å²) in [5, 5.41) is 5.75. The Kier molecular flexibility index (Phi) is 4.04. The van der Waals surface area contributed by atoms with Gasteiger partial charge in [-0.25, -0.2) is 15.0 Å². The lowest BCUT2D eigenvalue weighted by atomic mass is 10.1. The van der Waals surface area contributed by atoms with Gasteiger partial charge in [0.05, 0.1) is 28.5 Å².